The summed E-state index contributed by atoms with van der Waals surface area (Å²) in [5.74, 6) is 0.668. The normalized spacial score (nSPS) is 22.5. The lowest BCUT2D eigenvalue weighted by Gasteiger charge is -2.13. The van der Waals surface area contributed by atoms with Crippen molar-refractivity contribution >= 4 is 5.78 Å². The van der Waals surface area contributed by atoms with E-state index in [-0.39, 0.29) is 12.0 Å². The minimum atomic E-state index is 0.230. The summed E-state index contributed by atoms with van der Waals surface area (Å²) in [6.45, 7) is 5.02. The molecule has 0 aromatic rings. The SMILES string of the molecule is CCC(CC)C(=O)CC1CCCO1. The zero-order valence-corrected chi connectivity index (χ0v) is 8.71. The lowest BCUT2D eigenvalue weighted by Crippen LogP contribution is -2.19. The summed E-state index contributed by atoms with van der Waals surface area (Å²) in [5.41, 5.74) is 0. The Bertz CT molecular complexity index is 155. The predicted molar refractivity (Wildman–Crippen MR) is 52.7 cm³/mol. The molecule has 1 heterocycles. The van der Waals surface area contributed by atoms with Crippen LogP contribution in [0.2, 0.25) is 0 Å². The predicted octanol–water partition coefficient (Wildman–Crippen LogP) is 2.56. The second-order valence-corrected chi connectivity index (χ2v) is 3.82. The van der Waals surface area contributed by atoms with E-state index in [0.29, 0.717) is 12.2 Å². The van der Waals surface area contributed by atoms with Crippen LogP contribution in [0.15, 0.2) is 0 Å². The topological polar surface area (TPSA) is 26.3 Å². The van der Waals surface area contributed by atoms with E-state index in [4.69, 9.17) is 4.74 Å². The molecule has 2 heteroatoms. The Morgan fingerprint density at radius 2 is 2.15 bits per heavy atom. The van der Waals surface area contributed by atoms with Gasteiger partial charge < -0.3 is 4.74 Å². The maximum atomic E-state index is 11.7. The van der Waals surface area contributed by atoms with Gasteiger partial charge in [-0.05, 0) is 25.7 Å². The largest absolute Gasteiger partial charge is 0.378 e. The highest BCUT2D eigenvalue weighted by Gasteiger charge is 2.22. The number of ketones is 1. The second kappa shape index (κ2) is 5.38. The molecule has 13 heavy (non-hydrogen) atoms. The minimum absolute atomic E-state index is 0.230. The van der Waals surface area contributed by atoms with Gasteiger partial charge in [0.05, 0.1) is 6.10 Å². The van der Waals surface area contributed by atoms with Gasteiger partial charge in [0.1, 0.15) is 5.78 Å². The fraction of sp³-hybridized carbons (Fsp3) is 0.909. The van der Waals surface area contributed by atoms with E-state index < -0.39 is 0 Å². The highest BCUT2D eigenvalue weighted by molar-refractivity contribution is 5.81. The molecule has 0 radical (unpaired) electrons. The van der Waals surface area contributed by atoms with Crippen LogP contribution in [0.5, 0.6) is 0 Å². The maximum absolute atomic E-state index is 11.7. The van der Waals surface area contributed by atoms with E-state index in [1.165, 1.54) is 0 Å². The van der Waals surface area contributed by atoms with Crippen LogP contribution < -0.4 is 0 Å². The van der Waals surface area contributed by atoms with Crippen LogP contribution in [0.4, 0.5) is 0 Å². The van der Waals surface area contributed by atoms with Crippen molar-refractivity contribution in [3.05, 3.63) is 0 Å². The summed E-state index contributed by atoms with van der Waals surface area (Å²) >= 11 is 0. The van der Waals surface area contributed by atoms with Crippen molar-refractivity contribution in [3.8, 4) is 0 Å². The summed E-state index contributed by atoms with van der Waals surface area (Å²) in [6.07, 6.45) is 5.02. The molecule has 0 aliphatic carbocycles. The lowest BCUT2D eigenvalue weighted by atomic mass is 9.94. The van der Waals surface area contributed by atoms with Crippen molar-refractivity contribution in [1.29, 1.82) is 0 Å². The van der Waals surface area contributed by atoms with Crippen molar-refractivity contribution in [1.82, 2.24) is 0 Å². The van der Waals surface area contributed by atoms with E-state index in [9.17, 15) is 4.79 Å². The highest BCUT2D eigenvalue weighted by Crippen LogP contribution is 2.19. The van der Waals surface area contributed by atoms with Gasteiger partial charge in [-0.15, -0.1) is 0 Å². The molecule has 1 aliphatic rings. The molecule has 0 amide bonds. The first-order chi connectivity index (χ1) is 6.27. The molecule has 0 N–H and O–H groups in total. The number of carbonyl (C=O) groups is 1. The molecule has 1 rings (SSSR count). The third kappa shape index (κ3) is 3.11. The molecule has 1 unspecified atom stereocenters. The Morgan fingerprint density at radius 3 is 2.62 bits per heavy atom. The van der Waals surface area contributed by atoms with Crippen LogP contribution in [0.1, 0.15) is 46.0 Å². The molecule has 0 saturated carbocycles. The van der Waals surface area contributed by atoms with Crippen molar-refractivity contribution < 1.29 is 9.53 Å². The standard InChI is InChI=1S/C11H20O2/c1-3-9(4-2)11(12)8-10-6-5-7-13-10/h9-10H,3-8H2,1-2H3. The molecule has 1 fully saturated rings. The maximum Gasteiger partial charge on any atom is 0.138 e. The van der Waals surface area contributed by atoms with Crippen LogP contribution in [0.25, 0.3) is 0 Å². The first-order valence-corrected chi connectivity index (χ1v) is 5.42. The quantitative estimate of drug-likeness (QED) is 0.656. The fourth-order valence-corrected chi connectivity index (χ4v) is 1.94. The smallest absolute Gasteiger partial charge is 0.138 e. The molecule has 1 saturated heterocycles. The molecule has 0 bridgehead atoms. The van der Waals surface area contributed by atoms with Crippen molar-refractivity contribution in [2.24, 2.45) is 5.92 Å². The van der Waals surface area contributed by atoms with E-state index in [1.54, 1.807) is 0 Å². The Balaban J connectivity index is 2.29. The number of Topliss-reactive ketones (excluding diaryl/α,β-unsaturated/α-hetero) is 1. The van der Waals surface area contributed by atoms with Gasteiger partial charge in [0.25, 0.3) is 0 Å². The number of hydrogen-bond donors (Lipinski definition) is 0. The lowest BCUT2D eigenvalue weighted by molar-refractivity contribution is -0.125. The summed E-state index contributed by atoms with van der Waals surface area (Å²) in [4.78, 5) is 11.7. The Hall–Kier alpha value is -0.370. The summed E-state index contributed by atoms with van der Waals surface area (Å²) in [5, 5.41) is 0. The third-order valence-electron chi connectivity index (χ3n) is 2.89. The van der Waals surface area contributed by atoms with Crippen LogP contribution in [-0.4, -0.2) is 18.5 Å². The Labute approximate surface area is 80.7 Å². The molecule has 2 nitrogen and oxygen atoms in total. The van der Waals surface area contributed by atoms with E-state index in [0.717, 1.165) is 32.3 Å². The van der Waals surface area contributed by atoms with Crippen LogP contribution in [-0.2, 0) is 9.53 Å². The number of carbonyl (C=O) groups excluding carboxylic acids is 1. The van der Waals surface area contributed by atoms with Crippen molar-refractivity contribution in [3.63, 3.8) is 0 Å². The summed E-state index contributed by atoms with van der Waals surface area (Å²) in [7, 11) is 0. The number of ether oxygens (including phenoxy) is 1. The highest BCUT2D eigenvalue weighted by atomic mass is 16.5. The van der Waals surface area contributed by atoms with Gasteiger partial charge in [0, 0.05) is 18.9 Å². The van der Waals surface area contributed by atoms with Gasteiger partial charge in [-0.25, -0.2) is 0 Å². The van der Waals surface area contributed by atoms with Crippen LogP contribution >= 0.6 is 0 Å². The monoisotopic (exact) mass is 184 g/mol. The van der Waals surface area contributed by atoms with E-state index in [2.05, 4.69) is 13.8 Å². The molecule has 0 aromatic heterocycles. The van der Waals surface area contributed by atoms with Gasteiger partial charge in [-0.2, -0.15) is 0 Å². The Kier molecular flexibility index (Phi) is 4.43. The van der Waals surface area contributed by atoms with Crippen LogP contribution in [0, 0.1) is 5.92 Å². The van der Waals surface area contributed by atoms with Gasteiger partial charge in [0.2, 0.25) is 0 Å². The second-order valence-electron chi connectivity index (χ2n) is 3.82. The summed E-state index contributed by atoms with van der Waals surface area (Å²) < 4.78 is 5.44. The third-order valence-corrected chi connectivity index (χ3v) is 2.89. The van der Waals surface area contributed by atoms with Gasteiger partial charge >= 0.3 is 0 Å². The number of hydrogen-bond acceptors (Lipinski definition) is 2. The minimum Gasteiger partial charge on any atom is -0.378 e. The average Bonchev–Trinajstić information content (AvgIpc) is 2.59. The molecular weight excluding hydrogens is 164 g/mol. The molecule has 0 spiro atoms. The van der Waals surface area contributed by atoms with Gasteiger partial charge in [0.15, 0.2) is 0 Å². The van der Waals surface area contributed by atoms with Crippen LogP contribution in [0.3, 0.4) is 0 Å². The molecule has 1 atom stereocenters. The van der Waals surface area contributed by atoms with E-state index in [1.807, 2.05) is 0 Å². The van der Waals surface area contributed by atoms with E-state index >= 15 is 0 Å². The van der Waals surface area contributed by atoms with Gasteiger partial charge in [-0.1, -0.05) is 13.8 Å². The zero-order valence-electron chi connectivity index (χ0n) is 8.71. The summed E-state index contributed by atoms with van der Waals surface area (Å²) in [6, 6.07) is 0. The first kappa shape index (κ1) is 10.7. The first-order valence-electron chi connectivity index (χ1n) is 5.42. The molecule has 76 valence electrons. The van der Waals surface area contributed by atoms with Crippen molar-refractivity contribution in [2.45, 2.75) is 52.1 Å². The zero-order chi connectivity index (χ0) is 9.68. The Morgan fingerprint density at radius 1 is 1.46 bits per heavy atom. The van der Waals surface area contributed by atoms with Gasteiger partial charge in [-0.3, -0.25) is 4.79 Å². The molecule has 0 aromatic carbocycles. The van der Waals surface area contributed by atoms with Crippen molar-refractivity contribution in [2.75, 3.05) is 6.61 Å². The average molecular weight is 184 g/mol. The number of rotatable bonds is 5. The molecular formula is C11H20O2. The fourth-order valence-electron chi connectivity index (χ4n) is 1.94. The molecule has 1 aliphatic heterocycles.